The Labute approximate surface area is 165 Å². The average Bonchev–Trinajstić information content (AvgIpc) is 2.73. The number of nitrogens with zero attached hydrogens (tertiary/aromatic N) is 1. The summed E-state index contributed by atoms with van der Waals surface area (Å²) in [7, 11) is 0. The predicted octanol–water partition coefficient (Wildman–Crippen LogP) is 3.83. The molecule has 1 saturated heterocycles. The van der Waals surface area contributed by atoms with Crippen molar-refractivity contribution in [2.75, 3.05) is 13.1 Å². The van der Waals surface area contributed by atoms with Gasteiger partial charge in [0.15, 0.2) is 0 Å². The van der Waals surface area contributed by atoms with E-state index in [2.05, 4.69) is 5.32 Å². The number of rotatable bonds is 6. The lowest BCUT2D eigenvalue weighted by molar-refractivity contribution is -0.143. The Morgan fingerprint density at radius 1 is 1.14 bits per heavy atom. The molecule has 0 bridgehead atoms. The molecule has 148 valence electrons. The fourth-order valence-electron chi connectivity index (χ4n) is 3.30. The van der Waals surface area contributed by atoms with E-state index in [4.69, 9.17) is 9.84 Å². The molecule has 1 aliphatic heterocycles. The topological polar surface area (TPSA) is 78.9 Å². The molecule has 2 aromatic carbocycles. The van der Waals surface area contributed by atoms with Gasteiger partial charge >= 0.3 is 12.0 Å². The number of hydrogen-bond acceptors (Lipinski definition) is 3. The first kappa shape index (κ1) is 19.7. The molecule has 1 heterocycles. The van der Waals surface area contributed by atoms with E-state index >= 15 is 0 Å². The largest absolute Gasteiger partial charge is 0.489 e. The summed E-state index contributed by atoms with van der Waals surface area (Å²) >= 11 is 0. The Kier molecular flexibility index (Phi) is 6.53. The third-order valence-electron chi connectivity index (χ3n) is 5.08. The zero-order valence-electron chi connectivity index (χ0n) is 16.0. The van der Waals surface area contributed by atoms with Crippen molar-refractivity contribution in [3.63, 3.8) is 0 Å². The number of carbonyl (C=O) groups excluding carboxylic acids is 1. The van der Waals surface area contributed by atoms with Crippen molar-refractivity contribution in [2.24, 2.45) is 5.92 Å². The first-order valence-corrected chi connectivity index (χ1v) is 9.58. The van der Waals surface area contributed by atoms with Gasteiger partial charge in [0, 0.05) is 13.1 Å². The summed E-state index contributed by atoms with van der Waals surface area (Å²) in [6.07, 6.45) is 1.000. The molecular weight excluding hydrogens is 356 g/mol. The van der Waals surface area contributed by atoms with Crippen molar-refractivity contribution < 1.29 is 19.4 Å². The smallest absolute Gasteiger partial charge is 0.317 e. The minimum absolute atomic E-state index is 0.160. The van der Waals surface area contributed by atoms with Gasteiger partial charge in [0.05, 0.1) is 12.0 Å². The highest BCUT2D eigenvalue weighted by atomic mass is 16.5. The molecule has 3 rings (SSSR count). The molecule has 0 aromatic heterocycles. The normalized spacial score (nSPS) is 15.7. The van der Waals surface area contributed by atoms with Crippen molar-refractivity contribution in [3.8, 4) is 5.75 Å². The third-order valence-corrected chi connectivity index (χ3v) is 5.08. The van der Waals surface area contributed by atoms with Crippen molar-refractivity contribution in [3.05, 3.63) is 65.7 Å². The molecule has 0 aliphatic carbocycles. The second-order valence-corrected chi connectivity index (χ2v) is 7.12. The van der Waals surface area contributed by atoms with E-state index in [1.54, 1.807) is 4.90 Å². The highest BCUT2D eigenvalue weighted by Gasteiger charge is 2.27. The van der Waals surface area contributed by atoms with Crippen LogP contribution in [0.15, 0.2) is 54.6 Å². The summed E-state index contributed by atoms with van der Waals surface area (Å²) in [6.45, 7) is 3.35. The Balaban J connectivity index is 1.53. The lowest BCUT2D eigenvalue weighted by atomic mass is 9.97. The number of piperidine rings is 1. The summed E-state index contributed by atoms with van der Waals surface area (Å²) in [5.74, 6) is -0.370. The van der Waals surface area contributed by atoms with E-state index in [1.165, 1.54) is 0 Å². The molecule has 28 heavy (non-hydrogen) atoms. The van der Waals surface area contributed by atoms with Crippen LogP contribution in [0.25, 0.3) is 0 Å². The van der Waals surface area contributed by atoms with Gasteiger partial charge in [0.2, 0.25) is 0 Å². The number of carboxylic acid groups (broad SMARTS) is 1. The SMILES string of the molecule is C[C@@H](NC(=O)N1CCC(C(=O)O)CC1)c1cccc(OCc2ccccc2)c1. The van der Waals surface area contributed by atoms with Crippen LogP contribution in [-0.4, -0.2) is 35.1 Å². The van der Waals surface area contributed by atoms with Gasteiger partial charge in [-0.2, -0.15) is 0 Å². The second kappa shape index (κ2) is 9.26. The molecule has 6 heteroatoms. The highest BCUT2D eigenvalue weighted by Crippen LogP contribution is 2.22. The number of hydrogen-bond donors (Lipinski definition) is 2. The number of carboxylic acids is 1. The molecule has 1 atom stereocenters. The van der Waals surface area contributed by atoms with E-state index in [0.29, 0.717) is 32.5 Å². The predicted molar refractivity (Wildman–Crippen MR) is 106 cm³/mol. The maximum Gasteiger partial charge on any atom is 0.317 e. The molecular formula is C22H26N2O4. The summed E-state index contributed by atoms with van der Waals surface area (Å²) < 4.78 is 5.86. The molecule has 0 unspecified atom stereocenters. The average molecular weight is 382 g/mol. The molecule has 6 nitrogen and oxygen atoms in total. The Morgan fingerprint density at radius 2 is 1.86 bits per heavy atom. The molecule has 1 fully saturated rings. The Hall–Kier alpha value is -3.02. The lowest BCUT2D eigenvalue weighted by Crippen LogP contribution is -2.46. The molecule has 0 radical (unpaired) electrons. The highest BCUT2D eigenvalue weighted by molar-refractivity contribution is 5.75. The van der Waals surface area contributed by atoms with Gasteiger partial charge in [-0.15, -0.1) is 0 Å². The quantitative estimate of drug-likeness (QED) is 0.796. The number of aliphatic carboxylic acids is 1. The number of benzene rings is 2. The van der Waals surface area contributed by atoms with E-state index in [9.17, 15) is 9.59 Å². The maximum absolute atomic E-state index is 12.5. The van der Waals surface area contributed by atoms with Crippen LogP contribution in [0.5, 0.6) is 5.75 Å². The number of nitrogens with one attached hydrogen (secondary N) is 1. The number of ether oxygens (including phenoxy) is 1. The van der Waals surface area contributed by atoms with Crippen LogP contribution in [0.2, 0.25) is 0 Å². The van der Waals surface area contributed by atoms with Crippen LogP contribution in [0, 0.1) is 5.92 Å². The summed E-state index contributed by atoms with van der Waals surface area (Å²) in [4.78, 5) is 25.2. The molecule has 0 spiro atoms. The standard InChI is InChI=1S/C22H26N2O4/c1-16(23-22(27)24-12-10-18(11-13-24)21(25)26)19-8-5-9-20(14-19)28-15-17-6-3-2-4-7-17/h2-9,14,16,18H,10-13,15H2,1H3,(H,23,27)(H,25,26)/t16-/m1/s1. The maximum atomic E-state index is 12.5. The number of urea groups is 1. The Morgan fingerprint density at radius 3 is 2.54 bits per heavy atom. The van der Waals surface area contributed by atoms with Gasteiger partial charge in [-0.25, -0.2) is 4.79 Å². The van der Waals surface area contributed by atoms with Crippen LogP contribution < -0.4 is 10.1 Å². The molecule has 2 N–H and O–H groups in total. The van der Waals surface area contributed by atoms with Crippen LogP contribution >= 0.6 is 0 Å². The molecule has 2 amide bonds. The lowest BCUT2D eigenvalue weighted by Gasteiger charge is -2.31. The number of carbonyl (C=O) groups is 2. The molecule has 1 aliphatic rings. The van der Waals surface area contributed by atoms with Gasteiger partial charge < -0.3 is 20.1 Å². The van der Waals surface area contributed by atoms with Gasteiger partial charge in [0.25, 0.3) is 0 Å². The summed E-state index contributed by atoms with van der Waals surface area (Å²) in [5, 5.41) is 12.1. The van der Waals surface area contributed by atoms with E-state index in [-0.39, 0.29) is 18.0 Å². The van der Waals surface area contributed by atoms with E-state index < -0.39 is 5.97 Å². The van der Waals surface area contributed by atoms with Crippen LogP contribution in [0.4, 0.5) is 4.79 Å². The second-order valence-electron chi connectivity index (χ2n) is 7.12. The first-order valence-electron chi connectivity index (χ1n) is 9.58. The fourth-order valence-corrected chi connectivity index (χ4v) is 3.30. The van der Waals surface area contributed by atoms with Crippen molar-refractivity contribution in [1.82, 2.24) is 10.2 Å². The van der Waals surface area contributed by atoms with Crippen molar-refractivity contribution >= 4 is 12.0 Å². The van der Waals surface area contributed by atoms with Gasteiger partial charge in [-0.05, 0) is 43.0 Å². The van der Waals surface area contributed by atoms with Crippen LogP contribution in [-0.2, 0) is 11.4 Å². The van der Waals surface area contributed by atoms with Crippen LogP contribution in [0.1, 0.15) is 36.9 Å². The fraction of sp³-hybridized carbons (Fsp3) is 0.364. The van der Waals surface area contributed by atoms with Gasteiger partial charge in [-0.3, -0.25) is 4.79 Å². The minimum atomic E-state index is -0.777. The monoisotopic (exact) mass is 382 g/mol. The first-order chi connectivity index (χ1) is 13.5. The zero-order chi connectivity index (χ0) is 19.9. The molecule has 0 saturated carbocycles. The number of likely N-dealkylation sites (tertiary alicyclic amines) is 1. The van der Waals surface area contributed by atoms with Gasteiger partial charge in [-0.1, -0.05) is 42.5 Å². The van der Waals surface area contributed by atoms with Crippen molar-refractivity contribution in [2.45, 2.75) is 32.4 Å². The third kappa shape index (κ3) is 5.25. The molecule has 2 aromatic rings. The van der Waals surface area contributed by atoms with E-state index in [1.807, 2.05) is 61.5 Å². The van der Waals surface area contributed by atoms with Crippen LogP contribution in [0.3, 0.4) is 0 Å². The van der Waals surface area contributed by atoms with E-state index in [0.717, 1.165) is 16.9 Å². The Bertz CT molecular complexity index is 801. The zero-order valence-corrected chi connectivity index (χ0v) is 16.0. The van der Waals surface area contributed by atoms with Crippen molar-refractivity contribution in [1.29, 1.82) is 0 Å². The summed E-state index contributed by atoms with van der Waals surface area (Å²) in [6, 6.07) is 17.3. The summed E-state index contributed by atoms with van der Waals surface area (Å²) in [5.41, 5.74) is 2.05. The number of amides is 2. The minimum Gasteiger partial charge on any atom is -0.489 e. The van der Waals surface area contributed by atoms with Gasteiger partial charge in [0.1, 0.15) is 12.4 Å².